The van der Waals surface area contributed by atoms with E-state index >= 15 is 0 Å². The van der Waals surface area contributed by atoms with Crippen molar-refractivity contribution in [2.45, 2.75) is 32.3 Å². The number of fused-ring (bicyclic) bond motifs is 1. The maximum absolute atomic E-state index is 12.9. The van der Waals surface area contributed by atoms with Crippen LogP contribution in [0.15, 0.2) is 42.5 Å². The van der Waals surface area contributed by atoms with Gasteiger partial charge in [0.2, 0.25) is 5.91 Å². The fourth-order valence-electron chi connectivity index (χ4n) is 4.13. The summed E-state index contributed by atoms with van der Waals surface area (Å²) >= 11 is 0. The van der Waals surface area contributed by atoms with Gasteiger partial charge in [-0.3, -0.25) is 14.5 Å². The lowest BCUT2D eigenvalue weighted by atomic mass is 10.00. The topological polar surface area (TPSA) is 72.9 Å². The molecule has 0 aromatic heterocycles. The van der Waals surface area contributed by atoms with Crippen molar-refractivity contribution in [1.29, 1.82) is 0 Å². The van der Waals surface area contributed by atoms with E-state index in [2.05, 4.69) is 10.2 Å². The Labute approximate surface area is 177 Å². The van der Waals surface area contributed by atoms with Crippen LogP contribution in [0.25, 0.3) is 0 Å². The molecule has 2 aromatic rings. The first-order valence-electron chi connectivity index (χ1n) is 10.7. The predicted octanol–water partition coefficient (Wildman–Crippen LogP) is 2.76. The highest BCUT2D eigenvalue weighted by molar-refractivity contribution is 5.98. The molecule has 6 heteroatoms. The van der Waals surface area contributed by atoms with Crippen LogP contribution in [0.5, 0.6) is 0 Å². The second-order valence-corrected chi connectivity index (χ2v) is 8.27. The molecule has 1 atom stereocenters. The van der Waals surface area contributed by atoms with Gasteiger partial charge in [0.15, 0.2) is 0 Å². The minimum Gasteiger partial charge on any atom is -0.388 e. The molecule has 158 valence electrons. The number of nitrogens with one attached hydrogen (secondary N) is 1. The Balaban J connectivity index is 1.27. The van der Waals surface area contributed by atoms with Crippen molar-refractivity contribution in [2.24, 2.45) is 0 Å². The van der Waals surface area contributed by atoms with Crippen LogP contribution in [0.2, 0.25) is 0 Å². The molecule has 0 aliphatic carbocycles. The Morgan fingerprint density at radius 3 is 2.53 bits per heavy atom. The lowest BCUT2D eigenvalue weighted by Crippen LogP contribution is -2.49. The third kappa shape index (κ3) is 4.71. The van der Waals surface area contributed by atoms with Gasteiger partial charge in [-0.25, -0.2) is 0 Å². The summed E-state index contributed by atoms with van der Waals surface area (Å²) in [7, 11) is 0. The van der Waals surface area contributed by atoms with Crippen LogP contribution < -0.4 is 5.32 Å². The first-order valence-corrected chi connectivity index (χ1v) is 10.7. The number of aryl methyl sites for hydroxylation is 2. The molecule has 2 N–H and O–H groups in total. The van der Waals surface area contributed by atoms with Gasteiger partial charge in [-0.05, 0) is 49.1 Å². The Hall–Kier alpha value is -2.70. The van der Waals surface area contributed by atoms with E-state index in [-0.39, 0.29) is 11.8 Å². The zero-order chi connectivity index (χ0) is 21.1. The van der Waals surface area contributed by atoms with Crippen molar-refractivity contribution in [3.8, 4) is 0 Å². The minimum absolute atomic E-state index is 0.0326. The van der Waals surface area contributed by atoms with Gasteiger partial charge in [-0.2, -0.15) is 0 Å². The fraction of sp³-hybridized carbons (Fsp3) is 0.417. The Morgan fingerprint density at radius 1 is 1.07 bits per heavy atom. The zero-order valence-electron chi connectivity index (χ0n) is 17.4. The van der Waals surface area contributed by atoms with Crippen LogP contribution in [0, 0.1) is 6.92 Å². The Morgan fingerprint density at radius 2 is 1.80 bits per heavy atom. The van der Waals surface area contributed by atoms with Crippen molar-refractivity contribution in [3.63, 3.8) is 0 Å². The third-order valence-corrected chi connectivity index (χ3v) is 6.09. The molecule has 2 aliphatic rings. The van der Waals surface area contributed by atoms with Gasteiger partial charge < -0.3 is 15.3 Å². The van der Waals surface area contributed by atoms with Crippen LogP contribution in [-0.2, 0) is 11.2 Å². The molecule has 2 amide bonds. The first-order chi connectivity index (χ1) is 14.5. The number of aliphatic hydroxyl groups is 1. The van der Waals surface area contributed by atoms with Gasteiger partial charge >= 0.3 is 0 Å². The smallest absolute Gasteiger partial charge is 0.253 e. The molecule has 1 unspecified atom stereocenters. The van der Waals surface area contributed by atoms with E-state index < -0.39 is 6.10 Å². The van der Waals surface area contributed by atoms with Crippen molar-refractivity contribution in [1.82, 2.24) is 9.80 Å². The average Bonchev–Trinajstić information content (AvgIpc) is 2.77. The van der Waals surface area contributed by atoms with E-state index in [1.165, 1.54) is 5.56 Å². The van der Waals surface area contributed by atoms with Gasteiger partial charge in [0.1, 0.15) is 0 Å². The van der Waals surface area contributed by atoms with Gasteiger partial charge in [-0.15, -0.1) is 0 Å². The Bertz CT molecular complexity index is 918. The summed E-state index contributed by atoms with van der Waals surface area (Å²) in [6, 6.07) is 13.6. The molecule has 2 aliphatic heterocycles. The summed E-state index contributed by atoms with van der Waals surface area (Å²) in [5, 5.41) is 13.3. The second kappa shape index (κ2) is 8.98. The van der Waals surface area contributed by atoms with Crippen molar-refractivity contribution >= 4 is 17.5 Å². The highest BCUT2D eigenvalue weighted by atomic mass is 16.3. The largest absolute Gasteiger partial charge is 0.388 e. The molecule has 0 saturated carbocycles. The van der Waals surface area contributed by atoms with Crippen LogP contribution in [0.4, 0.5) is 5.69 Å². The van der Waals surface area contributed by atoms with E-state index in [4.69, 9.17) is 0 Å². The van der Waals surface area contributed by atoms with Gasteiger partial charge in [0.05, 0.1) is 6.10 Å². The molecular formula is C24H29N3O3. The maximum Gasteiger partial charge on any atom is 0.253 e. The number of carbonyl (C=O) groups is 2. The number of amides is 2. The number of hydrogen-bond donors (Lipinski definition) is 2. The first kappa shape index (κ1) is 20.6. The molecule has 1 fully saturated rings. The standard InChI is InChI=1S/C24H29N3O3/c1-17-2-4-18(5-3-17)22(28)10-11-26-12-14-27(15-13-26)24(30)20-6-8-21-19(16-20)7-9-23(29)25-21/h2-6,8,16,22,28H,7,9-15H2,1H3,(H,25,29). The van der Waals surface area contributed by atoms with E-state index in [0.717, 1.165) is 36.4 Å². The number of anilines is 1. The molecule has 1 saturated heterocycles. The van der Waals surface area contributed by atoms with Crippen LogP contribution in [-0.4, -0.2) is 59.4 Å². The molecule has 6 nitrogen and oxygen atoms in total. The maximum atomic E-state index is 12.9. The van der Waals surface area contributed by atoms with Crippen LogP contribution >= 0.6 is 0 Å². The monoisotopic (exact) mass is 407 g/mol. The molecular weight excluding hydrogens is 378 g/mol. The number of benzene rings is 2. The molecule has 30 heavy (non-hydrogen) atoms. The fourth-order valence-corrected chi connectivity index (χ4v) is 4.13. The molecule has 2 heterocycles. The molecule has 2 aromatic carbocycles. The third-order valence-electron chi connectivity index (χ3n) is 6.09. The van der Waals surface area contributed by atoms with Crippen LogP contribution in [0.3, 0.4) is 0 Å². The number of piperazine rings is 1. The van der Waals surface area contributed by atoms with Gasteiger partial charge in [0.25, 0.3) is 5.91 Å². The number of rotatable bonds is 5. The van der Waals surface area contributed by atoms with Crippen molar-refractivity contribution < 1.29 is 14.7 Å². The predicted molar refractivity (Wildman–Crippen MR) is 116 cm³/mol. The molecule has 0 radical (unpaired) electrons. The molecule has 0 bridgehead atoms. The lowest BCUT2D eigenvalue weighted by molar-refractivity contribution is -0.116. The number of nitrogens with zero attached hydrogens (tertiary/aromatic N) is 2. The zero-order valence-corrected chi connectivity index (χ0v) is 17.4. The van der Waals surface area contributed by atoms with Gasteiger partial charge in [-0.1, -0.05) is 29.8 Å². The summed E-state index contributed by atoms with van der Waals surface area (Å²) < 4.78 is 0. The molecule has 0 spiro atoms. The summed E-state index contributed by atoms with van der Waals surface area (Å²) in [5.41, 5.74) is 4.69. The summed E-state index contributed by atoms with van der Waals surface area (Å²) in [6.07, 6.45) is 1.38. The molecule has 4 rings (SSSR count). The summed E-state index contributed by atoms with van der Waals surface area (Å²) in [6.45, 7) is 5.86. The number of hydrogen-bond acceptors (Lipinski definition) is 4. The highest BCUT2D eigenvalue weighted by Gasteiger charge is 2.24. The highest BCUT2D eigenvalue weighted by Crippen LogP contribution is 2.24. The Kier molecular flexibility index (Phi) is 6.16. The normalized spacial score (nSPS) is 17.9. The summed E-state index contributed by atoms with van der Waals surface area (Å²) in [4.78, 5) is 28.6. The van der Waals surface area contributed by atoms with Crippen molar-refractivity contribution in [3.05, 3.63) is 64.7 Å². The van der Waals surface area contributed by atoms with E-state index in [9.17, 15) is 14.7 Å². The van der Waals surface area contributed by atoms with Crippen molar-refractivity contribution in [2.75, 3.05) is 38.0 Å². The minimum atomic E-state index is -0.457. The van der Waals surface area contributed by atoms with E-state index in [0.29, 0.717) is 37.9 Å². The quantitative estimate of drug-likeness (QED) is 0.799. The van der Waals surface area contributed by atoms with Crippen LogP contribution in [0.1, 0.15) is 46.0 Å². The SMILES string of the molecule is Cc1ccc(C(O)CCN2CCN(C(=O)c3ccc4c(c3)CCC(=O)N4)CC2)cc1. The second-order valence-electron chi connectivity index (χ2n) is 8.27. The number of aliphatic hydroxyl groups excluding tert-OH is 1. The number of carbonyl (C=O) groups excluding carboxylic acids is 2. The van der Waals surface area contributed by atoms with E-state index in [1.54, 1.807) is 6.07 Å². The average molecular weight is 408 g/mol. The lowest BCUT2D eigenvalue weighted by Gasteiger charge is -2.35. The van der Waals surface area contributed by atoms with E-state index in [1.807, 2.05) is 48.2 Å². The van der Waals surface area contributed by atoms with Gasteiger partial charge in [0, 0.05) is 50.4 Å². The summed E-state index contributed by atoms with van der Waals surface area (Å²) in [5.74, 6) is 0.0826.